The van der Waals surface area contributed by atoms with Gasteiger partial charge in [-0.15, -0.1) is 0 Å². The molecule has 0 saturated heterocycles. The van der Waals surface area contributed by atoms with E-state index < -0.39 is 11.6 Å². The van der Waals surface area contributed by atoms with Crippen LogP contribution in [0.15, 0.2) is 24.4 Å². The first-order valence-electron chi connectivity index (χ1n) is 5.07. The van der Waals surface area contributed by atoms with E-state index in [2.05, 4.69) is 20.2 Å². The molecular formula is C11H7F2N5. The maximum absolute atomic E-state index is 13.7. The number of nitrogens with one attached hydrogen (secondary N) is 1. The Hall–Kier alpha value is -2.57. The van der Waals surface area contributed by atoms with Gasteiger partial charge in [0.2, 0.25) is 5.95 Å². The molecule has 1 aromatic carbocycles. The van der Waals surface area contributed by atoms with E-state index >= 15 is 0 Å². The predicted octanol–water partition coefficient (Wildman–Crippen LogP) is 1.88. The zero-order valence-electron chi connectivity index (χ0n) is 8.98. The van der Waals surface area contributed by atoms with Crippen LogP contribution in [0, 0.1) is 11.6 Å². The van der Waals surface area contributed by atoms with E-state index in [1.807, 2.05) is 0 Å². The summed E-state index contributed by atoms with van der Waals surface area (Å²) in [6, 6.07) is 3.25. The highest BCUT2D eigenvalue weighted by molar-refractivity contribution is 5.90. The Bertz CT molecular complexity index is 737. The first kappa shape index (κ1) is 10.6. The fraction of sp³-hybridized carbons (Fsp3) is 0. The van der Waals surface area contributed by atoms with Crippen LogP contribution < -0.4 is 5.73 Å². The van der Waals surface area contributed by atoms with Gasteiger partial charge in [-0.25, -0.2) is 13.8 Å². The Morgan fingerprint density at radius 1 is 1.17 bits per heavy atom. The first-order valence-corrected chi connectivity index (χ1v) is 5.07. The molecule has 18 heavy (non-hydrogen) atoms. The second kappa shape index (κ2) is 3.73. The quantitative estimate of drug-likeness (QED) is 0.688. The fourth-order valence-corrected chi connectivity index (χ4v) is 1.74. The molecule has 0 aliphatic rings. The van der Waals surface area contributed by atoms with Gasteiger partial charge in [-0.1, -0.05) is 0 Å². The molecule has 2 aromatic heterocycles. The van der Waals surface area contributed by atoms with Crippen molar-refractivity contribution < 1.29 is 8.78 Å². The highest BCUT2D eigenvalue weighted by Crippen LogP contribution is 2.27. The van der Waals surface area contributed by atoms with Gasteiger partial charge in [0.1, 0.15) is 11.6 Å². The lowest BCUT2D eigenvalue weighted by atomic mass is 10.1. The molecule has 0 amide bonds. The van der Waals surface area contributed by atoms with E-state index in [1.165, 1.54) is 12.3 Å². The van der Waals surface area contributed by atoms with E-state index in [9.17, 15) is 8.78 Å². The van der Waals surface area contributed by atoms with E-state index in [4.69, 9.17) is 5.73 Å². The molecule has 0 unspecified atom stereocenters. The van der Waals surface area contributed by atoms with Crippen LogP contribution in [-0.4, -0.2) is 20.2 Å². The van der Waals surface area contributed by atoms with E-state index in [0.29, 0.717) is 11.0 Å². The summed E-state index contributed by atoms with van der Waals surface area (Å²) in [6.07, 6.45) is 1.47. The van der Waals surface area contributed by atoms with Gasteiger partial charge in [0, 0.05) is 11.6 Å². The largest absolute Gasteiger partial charge is 0.368 e. The van der Waals surface area contributed by atoms with Gasteiger partial charge in [-0.2, -0.15) is 10.1 Å². The monoisotopic (exact) mass is 247 g/mol. The van der Waals surface area contributed by atoms with Crippen LogP contribution in [0.4, 0.5) is 14.7 Å². The minimum absolute atomic E-state index is 0.00882. The number of H-pyrrole nitrogens is 1. The number of nitrogens with zero attached hydrogens (tertiary/aromatic N) is 3. The molecule has 0 bridgehead atoms. The van der Waals surface area contributed by atoms with Gasteiger partial charge >= 0.3 is 0 Å². The van der Waals surface area contributed by atoms with Crippen molar-refractivity contribution in [3.8, 4) is 11.3 Å². The second-order valence-electron chi connectivity index (χ2n) is 3.69. The summed E-state index contributed by atoms with van der Waals surface area (Å²) >= 11 is 0. The van der Waals surface area contributed by atoms with Crippen LogP contribution in [0.25, 0.3) is 22.3 Å². The number of rotatable bonds is 1. The SMILES string of the molecule is Nc1nc(-c2ccc(F)cc2F)c2cn[nH]c2n1. The van der Waals surface area contributed by atoms with Gasteiger partial charge in [0.25, 0.3) is 0 Å². The number of aromatic nitrogens is 4. The molecule has 3 N–H and O–H groups in total. The molecule has 0 saturated carbocycles. The average molecular weight is 247 g/mol. The molecule has 3 aromatic rings. The summed E-state index contributed by atoms with van der Waals surface area (Å²) in [6.45, 7) is 0. The summed E-state index contributed by atoms with van der Waals surface area (Å²) in [5, 5.41) is 6.94. The molecule has 0 aliphatic heterocycles. The van der Waals surface area contributed by atoms with E-state index in [0.717, 1.165) is 12.1 Å². The standard InChI is InChI=1S/C11H7F2N5/c12-5-1-2-6(8(13)3-5)9-7-4-15-18-10(7)17-11(14)16-9/h1-4H,(H3,14,15,16,17,18). The molecule has 0 aliphatic carbocycles. The van der Waals surface area contributed by atoms with Crippen molar-refractivity contribution in [3.05, 3.63) is 36.0 Å². The van der Waals surface area contributed by atoms with Crippen molar-refractivity contribution in [2.45, 2.75) is 0 Å². The smallest absolute Gasteiger partial charge is 0.222 e. The van der Waals surface area contributed by atoms with Gasteiger partial charge in [-0.3, -0.25) is 5.10 Å². The molecule has 0 atom stereocenters. The summed E-state index contributed by atoms with van der Waals surface area (Å²) < 4.78 is 26.6. The Kier molecular flexibility index (Phi) is 2.19. The maximum atomic E-state index is 13.7. The van der Waals surface area contributed by atoms with Crippen molar-refractivity contribution >= 4 is 17.0 Å². The Balaban J connectivity index is 2.33. The van der Waals surface area contributed by atoms with Crippen molar-refractivity contribution in [2.75, 3.05) is 5.73 Å². The third-order valence-corrected chi connectivity index (χ3v) is 2.51. The number of nitrogens with two attached hydrogens (primary N) is 1. The first-order chi connectivity index (χ1) is 8.65. The van der Waals surface area contributed by atoms with Crippen LogP contribution in [0.3, 0.4) is 0 Å². The summed E-state index contributed by atoms with van der Waals surface area (Å²) in [4.78, 5) is 7.90. The van der Waals surface area contributed by atoms with Crippen LogP contribution in [0.1, 0.15) is 0 Å². The highest BCUT2D eigenvalue weighted by Gasteiger charge is 2.14. The fourth-order valence-electron chi connectivity index (χ4n) is 1.74. The molecule has 0 spiro atoms. The van der Waals surface area contributed by atoms with Gasteiger partial charge in [-0.05, 0) is 12.1 Å². The average Bonchev–Trinajstić information content (AvgIpc) is 2.76. The Labute approximate surface area is 99.7 Å². The zero-order valence-corrected chi connectivity index (χ0v) is 8.98. The summed E-state index contributed by atoms with van der Waals surface area (Å²) in [5.41, 5.74) is 6.37. The summed E-state index contributed by atoms with van der Waals surface area (Å²) in [5.74, 6) is -1.37. The molecule has 3 rings (SSSR count). The van der Waals surface area contributed by atoms with E-state index in [1.54, 1.807) is 0 Å². The Morgan fingerprint density at radius 2 is 2.00 bits per heavy atom. The van der Waals surface area contributed by atoms with E-state index in [-0.39, 0.29) is 17.2 Å². The Morgan fingerprint density at radius 3 is 2.78 bits per heavy atom. The highest BCUT2D eigenvalue weighted by atomic mass is 19.1. The number of halogens is 2. The number of hydrogen-bond acceptors (Lipinski definition) is 4. The number of benzene rings is 1. The minimum atomic E-state index is -0.712. The number of aromatic amines is 1. The van der Waals surface area contributed by atoms with Crippen LogP contribution >= 0.6 is 0 Å². The number of hydrogen-bond donors (Lipinski definition) is 2. The molecule has 0 fully saturated rings. The van der Waals surface area contributed by atoms with Gasteiger partial charge < -0.3 is 5.73 Å². The molecule has 5 nitrogen and oxygen atoms in total. The maximum Gasteiger partial charge on any atom is 0.222 e. The molecule has 7 heteroatoms. The predicted molar refractivity (Wildman–Crippen MR) is 61.4 cm³/mol. The lowest BCUT2D eigenvalue weighted by Crippen LogP contribution is -1.98. The third kappa shape index (κ3) is 1.56. The molecule has 90 valence electrons. The molecular weight excluding hydrogens is 240 g/mol. The van der Waals surface area contributed by atoms with Gasteiger partial charge in [0.15, 0.2) is 5.65 Å². The van der Waals surface area contributed by atoms with Gasteiger partial charge in [0.05, 0.1) is 17.3 Å². The van der Waals surface area contributed by atoms with Crippen molar-refractivity contribution in [1.29, 1.82) is 0 Å². The molecule has 2 heterocycles. The minimum Gasteiger partial charge on any atom is -0.368 e. The lowest BCUT2D eigenvalue weighted by Gasteiger charge is -2.04. The zero-order chi connectivity index (χ0) is 12.7. The van der Waals surface area contributed by atoms with Crippen LogP contribution in [-0.2, 0) is 0 Å². The third-order valence-electron chi connectivity index (χ3n) is 2.51. The molecule has 0 radical (unpaired) electrons. The van der Waals surface area contributed by atoms with Crippen molar-refractivity contribution in [2.24, 2.45) is 0 Å². The second-order valence-corrected chi connectivity index (χ2v) is 3.69. The summed E-state index contributed by atoms with van der Waals surface area (Å²) in [7, 11) is 0. The number of anilines is 1. The van der Waals surface area contributed by atoms with Crippen molar-refractivity contribution in [1.82, 2.24) is 20.2 Å². The van der Waals surface area contributed by atoms with Crippen molar-refractivity contribution in [3.63, 3.8) is 0 Å². The van der Waals surface area contributed by atoms with Crippen LogP contribution in [0.2, 0.25) is 0 Å². The number of fused-ring (bicyclic) bond motifs is 1. The topological polar surface area (TPSA) is 80.5 Å². The number of nitrogen functional groups attached to an aromatic ring is 1. The van der Waals surface area contributed by atoms with Crippen LogP contribution in [0.5, 0.6) is 0 Å². The normalized spacial score (nSPS) is 11.0. The lowest BCUT2D eigenvalue weighted by molar-refractivity contribution is 0.585.